The maximum Gasteiger partial charge on any atom is 0.229 e. The Hall–Kier alpha value is -2.88. The number of carbonyl (C=O) groups is 1. The first-order valence-electron chi connectivity index (χ1n) is 9.94. The number of hydrogen-bond donors (Lipinski definition) is 3. The van der Waals surface area contributed by atoms with Crippen LogP contribution in [0, 0.1) is 0 Å². The van der Waals surface area contributed by atoms with Gasteiger partial charge in [0.25, 0.3) is 0 Å². The van der Waals surface area contributed by atoms with Crippen LogP contribution in [0.4, 0.5) is 28.8 Å². The van der Waals surface area contributed by atoms with Gasteiger partial charge in [0.1, 0.15) is 5.82 Å². The molecule has 8 nitrogen and oxygen atoms in total. The average molecular weight is 520 g/mol. The Labute approximate surface area is 201 Å². The molecule has 0 saturated carbocycles. The summed E-state index contributed by atoms with van der Waals surface area (Å²) in [6, 6.07) is 15.6. The summed E-state index contributed by atoms with van der Waals surface area (Å²) >= 11 is 3.53. The molecule has 4 rings (SSSR count). The summed E-state index contributed by atoms with van der Waals surface area (Å²) in [5, 5.41) is 6.61. The highest BCUT2D eigenvalue weighted by atomic mass is 79.9. The van der Waals surface area contributed by atoms with Crippen molar-refractivity contribution >= 4 is 63.1 Å². The maximum atomic E-state index is 11.1. The average Bonchev–Trinajstić information content (AvgIpc) is 2.78. The Kier molecular flexibility index (Phi) is 8.26. The SMILES string of the molecule is Cl.NC(=O)Cc1ccc(Nc2ncc(Br)c(Nc3ccccc3N3CCOCC3)n2)cc1. The second kappa shape index (κ2) is 11.1. The Morgan fingerprint density at radius 2 is 1.81 bits per heavy atom. The molecule has 1 aliphatic heterocycles. The highest BCUT2D eigenvalue weighted by Crippen LogP contribution is 2.32. The van der Waals surface area contributed by atoms with E-state index >= 15 is 0 Å². The van der Waals surface area contributed by atoms with Gasteiger partial charge in [0.05, 0.1) is 35.5 Å². The van der Waals surface area contributed by atoms with Crippen LogP contribution in [-0.2, 0) is 16.0 Å². The summed E-state index contributed by atoms with van der Waals surface area (Å²) in [7, 11) is 0. The van der Waals surface area contributed by atoms with Crippen molar-refractivity contribution in [3.8, 4) is 0 Å². The molecule has 0 spiro atoms. The minimum absolute atomic E-state index is 0. The summed E-state index contributed by atoms with van der Waals surface area (Å²) in [5.41, 5.74) is 8.99. The van der Waals surface area contributed by atoms with Gasteiger partial charge in [0.15, 0.2) is 0 Å². The van der Waals surface area contributed by atoms with Crippen molar-refractivity contribution in [2.45, 2.75) is 6.42 Å². The van der Waals surface area contributed by atoms with Crippen LogP contribution in [0.1, 0.15) is 5.56 Å². The molecule has 0 unspecified atom stereocenters. The van der Waals surface area contributed by atoms with Crippen LogP contribution in [-0.4, -0.2) is 42.2 Å². The van der Waals surface area contributed by atoms with Crippen molar-refractivity contribution in [2.75, 3.05) is 41.8 Å². The predicted octanol–water partition coefficient (Wildman–Crippen LogP) is 4.01. The number of morpholine rings is 1. The number of nitrogens with two attached hydrogens (primary N) is 1. The summed E-state index contributed by atoms with van der Waals surface area (Å²) < 4.78 is 6.23. The van der Waals surface area contributed by atoms with E-state index < -0.39 is 0 Å². The molecule has 1 saturated heterocycles. The van der Waals surface area contributed by atoms with Crippen LogP contribution in [0.15, 0.2) is 59.2 Å². The normalized spacial score (nSPS) is 13.2. The Balaban J connectivity index is 0.00000289. The van der Waals surface area contributed by atoms with Gasteiger partial charge in [-0.2, -0.15) is 4.98 Å². The zero-order valence-electron chi connectivity index (χ0n) is 17.3. The van der Waals surface area contributed by atoms with Gasteiger partial charge in [-0.3, -0.25) is 4.79 Å². The van der Waals surface area contributed by atoms with Crippen molar-refractivity contribution < 1.29 is 9.53 Å². The quantitative estimate of drug-likeness (QED) is 0.433. The Morgan fingerprint density at radius 1 is 1.09 bits per heavy atom. The van der Waals surface area contributed by atoms with Crippen molar-refractivity contribution in [3.63, 3.8) is 0 Å². The molecule has 2 aromatic carbocycles. The van der Waals surface area contributed by atoms with Gasteiger partial charge in [-0.25, -0.2) is 4.98 Å². The number of rotatable bonds is 7. The fourth-order valence-corrected chi connectivity index (χ4v) is 3.63. The van der Waals surface area contributed by atoms with Gasteiger partial charge in [-0.1, -0.05) is 24.3 Å². The largest absolute Gasteiger partial charge is 0.378 e. The second-order valence-corrected chi connectivity index (χ2v) is 7.95. The number of carbonyl (C=O) groups excluding carboxylic acids is 1. The molecular formula is C22H24BrClN6O2. The van der Waals surface area contributed by atoms with E-state index in [-0.39, 0.29) is 24.7 Å². The number of nitrogens with zero attached hydrogens (tertiary/aromatic N) is 3. The minimum atomic E-state index is -0.356. The highest BCUT2D eigenvalue weighted by molar-refractivity contribution is 9.10. The smallest absolute Gasteiger partial charge is 0.229 e. The number of ether oxygens (including phenoxy) is 1. The topological polar surface area (TPSA) is 105 Å². The first kappa shape index (κ1) is 23.8. The van der Waals surface area contributed by atoms with Crippen LogP contribution < -0.4 is 21.3 Å². The third-order valence-corrected chi connectivity index (χ3v) is 5.42. The fourth-order valence-electron chi connectivity index (χ4n) is 3.34. The van der Waals surface area contributed by atoms with Gasteiger partial charge in [0.2, 0.25) is 11.9 Å². The van der Waals surface area contributed by atoms with Gasteiger partial charge < -0.3 is 26.0 Å². The number of para-hydroxylation sites is 2. The lowest BCUT2D eigenvalue weighted by Gasteiger charge is -2.30. The van der Waals surface area contributed by atoms with Gasteiger partial charge >= 0.3 is 0 Å². The van der Waals surface area contributed by atoms with E-state index in [4.69, 9.17) is 10.5 Å². The number of anilines is 5. The number of primary amides is 1. The zero-order chi connectivity index (χ0) is 21.6. The van der Waals surface area contributed by atoms with E-state index in [1.54, 1.807) is 6.20 Å². The molecule has 3 aromatic rings. The van der Waals surface area contributed by atoms with Crippen LogP contribution in [0.2, 0.25) is 0 Å². The molecule has 1 aliphatic rings. The maximum absolute atomic E-state index is 11.1. The summed E-state index contributed by atoms with van der Waals surface area (Å²) in [5.74, 6) is 0.755. The molecule has 10 heteroatoms. The number of benzene rings is 2. The van der Waals surface area contributed by atoms with Crippen molar-refractivity contribution in [1.82, 2.24) is 9.97 Å². The highest BCUT2D eigenvalue weighted by Gasteiger charge is 2.16. The van der Waals surface area contributed by atoms with Crippen LogP contribution in [0.5, 0.6) is 0 Å². The lowest BCUT2D eigenvalue weighted by Crippen LogP contribution is -2.36. The molecule has 4 N–H and O–H groups in total. The van der Waals surface area contributed by atoms with Crippen molar-refractivity contribution in [1.29, 1.82) is 0 Å². The third kappa shape index (κ3) is 6.09. The molecule has 2 heterocycles. The first-order chi connectivity index (χ1) is 15.1. The van der Waals surface area contributed by atoms with Crippen LogP contribution in [0.3, 0.4) is 0 Å². The summed E-state index contributed by atoms with van der Waals surface area (Å²) in [6.45, 7) is 3.14. The minimum Gasteiger partial charge on any atom is -0.378 e. The predicted molar refractivity (Wildman–Crippen MR) is 132 cm³/mol. The van der Waals surface area contributed by atoms with E-state index in [1.165, 1.54) is 0 Å². The van der Waals surface area contributed by atoms with Crippen LogP contribution >= 0.6 is 28.3 Å². The number of aromatic nitrogens is 2. The molecule has 1 amide bonds. The standard InChI is InChI=1S/C22H23BrN6O2.ClH/c23-17-14-25-22(26-16-7-5-15(6-8-16)13-20(24)30)28-21(17)27-18-3-1-2-4-19(18)29-9-11-31-12-10-29;/h1-8,14H,9-13H2,(H2,24,30)(H2,25,26,27,28);1H. The third-order valence-electron chi connectivity index (χ3n) is 4.84. The number of nitrogens with one attached hydrogen (secondary N) is 2. The zero-order valence-corrected chi connectivity index (χ0v) is 19.7. The molecular weight excluding hydrogens is 496 g/mol. The molecule has 168 valence electrons. The van der Waals surface area contributed by atoms with Gasteiger partial charge in [-0.05, 0) is 45.8 Å². The monoisotopic (exact) mass is 518 g/mol. The van der Waals surface area contributed by atoms with Crippen molar-refractivity contribution in [3.05, 3.63) is 64.8 Å². The van der Waals surface area contributed by atoms with Gasteiger partial charge in [-0.15, -0.1) is 12.4 Å². The number of hydrogen-bond acceptors (Lipinski definition) is 7. The molecule has 1 aromatic heterocycles. The number of amides is 1. The van der Waals surface area contributed by atoms with E-state index in [2.05, 4.69) is 47.5 Å². The molecule has 0 bridgehead atoms. The Morgan fingerprint density at radius 3 is 2.53 bits per heavy atom. The molecule has 0 radical (unpaired) electrons. The molecule has 32 heavy (non-hydrogen) atoms. The van der Waals surface area contributed by atoms with E-state index in [9.17, 15) is 4.79 Å². The van der Waals surface area contributed by atoms with E-state index in [0.29, 0.717) is 11.8 Å². The van der Waals surface area contributed by atoms with Crippen LogP contribution in [0.25, 0.3) is 0 Å². The number of halogens is 2. The second-order valence-electron chi connectivity index (χ2n) is 7.10. The molecule has 0 aliphatic carbocycles. The summed E-state index contributed by atoms with van der Waals surface area (Å²) in [4.78, 5) is 22.3. The summed E-state index contributed by atoms with van der Waals surface area (Å²) in [6.07, 6.45) is 1.92. The fraction of sp³-hybridized carbons (Fsp3) is 0.227. The van der Waals surface area contributed by atoms with E-state index in [0.717, 1.165) is 53.4 Å². The van der Waals surface area contributed by atoms with Gasteiger partial charge in [0, 0.05) is 25.0 Å². The Bertz CT molecular complexity index is 1060. The molecule has 1 fully saturated rings. The lowest BCUT2D eigenvalue weighted by molar-refractivity contribution is -0.117. The molecule has 0 atom stereocenters. The first-order valence-corrected chi connectivity index (χ1v) is 10.7. The lowest BCUT2D eigenvalue weighted by atomic mass is 10.1. The van der Waals surface area contributed by atoms with E-state index in [1.807, 2.05) is 42.5 Å². The van der Waals surface area contributed by atoms with Crippen molar-refractivity contribution in [2.24, 2.45) is 5.73 Å².